The third kappa shape index (κ3) is 7.25. The summed E-state index contributed by atoms with van der Waals surface area (Å²) in [6.07, 6.45) is 2.81. The molecular weight excluding hydrogens is 712 g/mol. The lowest BCUT2D eigenvalue weighted by Crippen LogP contribution is -2.54. The maximum absolute atomic E-state index is 13.0. The van der Waals surface area contributed by atoms with Crippen molar-refractivity contribution in [2.24, 2.45) is 0 Å². The van der Waals surface area contributed by atoms with Crippen LogP contribution in [-0.4, -0.2) is 112 Å². The fraction of sp³-hybridized carbons (Fsp3) is 0.462. The number of nitrogens with zero attached hydrogens (tertiary/aromatic N) is 3. The number of carbonyl (C=O) groups excluding carboxylic acids is 9. The maximum Gasteiger partial charge on any atom is 0.410 e. The SMILES string of the molecule is CC(C)(C)OC(=O)N1CCc2cc3c(cc2CC1)C(=O)N(C1CCC(=O)NC1=O)C3=O.O=C1CCC(N2C(=O)c3cc4c(cc3C2=O)CCNCC4)C(=O)N1. The molecule has 16 nitrogen and oxygen atoms in total. The Hall–Kier alpha value is -5.77. The van der Waals surface area contributed by atoms with Crippen molar-refractivity contribution in [1.29, 1.82) is 0 Å². The van der Waals surface area contributed by atoms with Crippen molar-refractivity contribution < 1.29 is 47.9 Å². The van der Waals surface area contributed by atoms with Gasteiger partial charge in [-0.3, -0.25) is 58.8 Å². The quantitative estimate of drug-likeness (QED) is 0.371. The van der Waals surface area contributed by atoms with Crippen molar-refractivity contribution >= 4 is 53.4 Å². The zero-order valence-electron chi connectivity index (χ0n) is 30.9. The largest absolute Gasteiger partial charge is 0.444 e. The van der Waals surface area contributed by atoms with E-state index in [1.165, 1.54) is 0 Å². The number of carbonyl (C=O) groups is 9. The second-order valence-corrected chi connectivity index (χ2v) is 15.4. The summed E-state index contributed by atoms with van der Waals surface area (Å²) in [5.74, 6) is -3.90. The summed E-state index contributed by atoms with van der Waals surface area (Å²) in [7, 11) is 0. The number of amides is 9. The number of benzene rings is 2. The van der Waals surface area contributed by atoms with Gasteiger partial charge in [0.15, 0.2) is 0 Å². The van der Waals surface area contributed by atoms with Gasteiger partial charge in [-0.2, -0.15) is 0 Å². The second kappa shape index (κ2) is 14.5. The fourth-order valence-electron chi connectivity index (χ4n) is 7.85. The van der Waals surface area contributed by atoms with Gasteiger partial charge in [0.05, 0.1) is 22.3 Å². The van der Waals surface area contributed by atoms with E-state index in [0.29, 0.717) is 37.1 Å². The number of imide groups is 4. The number of rotatable bonds is 2. The molecule has 0 aromatic heterocycles. The van der Waals surface area contributed by atoms with E-state index in [0.717, 1.165) is 58.0 Å². The zero-order chi connectivity index (χ0) is 39.3. The Labute approximate surface area is 316 Å². The summed E-state index contributed by atoms with van der Waals surface area (Å²) in [5.41, 5.74) is 4.62. The molecule has 8 rings (SSSR count). The Balaban J connectivity index is 0.000000174. The molecule has 2 saturated heterocycles. The summed E-state index contributed by atoms with van der Waals surface area (Å²) < 4.78 is 5.45. The first-order valence-corrected chi connectivity index (χ1v) is 18.5. The predicted octanol–water partition coefficient (Wildman–Crippen LogP) is 1.20. The van der Waals surface area contributed by atoms with Crippen molar-refractivity contribution in [3.05, 3.63) is 68.8 Å². The van der Waals surface area contributed by atoms with Crippen LogP contribution in [0.5, 0.6) is 0 Å². The predicted molar refractivity (Wildman–Crippen MR) is 192 cm³/mol. The standard InChI is InChI=1S/C22H25N3O6.C17H17N3O4/c1-22(2,3)31-21(30)24-8-6-12-10-14-15(11-13(12)7-9-24)20(29)25(19(14)28)16-4-5-17(26)23-18(16)27;21-14-2-1-13(15(22)19-14)20-16(23)11-7-9-3-5-18-6-4-10(9)8-12(11)17(20)24/h10-11,16H,4-9H2,1-3H3,(H,23,26,27);7-8,13,18H,1-6H2,(H,19,21,22). The van der Waals surface area contributed by atoms with Crippen LogP contribution in [0.1, 0.15) is 110 Å². The topological polar surface area (TPSA) is 209 Å². The van der Waals surface area contributed by atoms with E-state index in [1.807, 2.05) is 20.8 Å². The van der Waals surface area contributed by atoms with Crippen molar-refractivity contribution in [1.82, 2.24) is 30.7 Å². The third-order valence-corrected chi connectivity index (χ3v) is 10.6. The molecule has 0 bridgehead atoms. The number of fused-ring (bicyclic) bond motifs is 4. The Kier molecular flexibility index (Phi) is 9.88. The number of ether oxygens (including phenoxy) is 1. The van der Waals surface area contributed by atoms with Crippen LogP contribution in [0, 0.1) is 0 Å². The summed E-state index contributed by atoms with van der Waals surface area (Å²) >= 11 is 0. The highest BCUT2D eigenvalue weighted by Crippen LogP contribution is 2.33. The van der Waals surface area contributed by atoms with Crippen molar-refractivity contribution in [3.8, 4) is 0 Å². The molecule has 6 heterocycles. The minimum absolute atomic E-state index is 0.0841. The fourth-order valence-corrected chi connectivity index (χ4v) is 7.85. The summed E-state index contributed by atoms with van der Waals surface area (Å²) in [5, 5.41) is 7.70. The van der Waals surface area contributed by atoms with E-state index in [9.17, 15) is 43.2 Å². The van der Waals surface area contributed by atoms with Crippen LogP contribution in [0.2, 0.25) is 0 Å². The highest BCUT2D eigenvalue weighted by atomic mass is 16.6. The van der Waals surface area contributed by atoms with Gasteiger partial charge in [-0.05, 0) is 119 Å². The van der Waals surface area contributed by atoms with E-state index in [4.69, 9.17) is 4.74 Å². The van der Waals surface area contributed by atoms with Crippen LogP contribution in [0.15, 0.2) is 24.3 Å². The molecule has 9 amide bonds. The molecular formula is C39H42N6O10. The maximum atomic E-state index is 13.0. The van der Waals surface area contributed by atoms with Gasteiger partial charge in [0.2, 0.25) is 23.6 Å². The molecule has 0 saturated carbocycles. The molecule has 6 aliphatic heterocycles. The molecule has 288 valence electrons. The third-order valence-electron chi connectivity index (χ3n) is 10.6. The van der Waals surface area contributed by atoms with Crippen LogP contribution < -0.4 is 16.0 Å². The van der Waals surface area contributed by atoms with Gasteiger partial charge >= 0.3 is 6.09 Å². The number of piperidine rings is 2. The first kappa shape index (κ1) is 37.5. The van der Waals surface area contributed by atoms with Gasteiger partial charge in [-0.15, -0.1) is 0 Å². The van der Waals surface area contributed by atoms with E-state index >= 15 is 0 Å². The second-order valence-electron chi connectivity index (χ2n) is 15.4. The van der Waals surface area contributed by atoms with Gasteiger partial charge in [-0.1, -0.05) is 0 Å². The number of hydrogen-bond acceptors (Lipinski definition) is 11. The molecule has 2 unspecified atom stereocenters. The lowest BCUT2D eigenvalue weighted by Gasteiger charge is -2.27. The van der Waals surface area contributed by atoms with E-state index in [-0.39, 0.29) is 48.8 Å². The summed E-state index contributed by atoms with van der Waals surface area (Å²) in [6.45, 7) is 8.00. The molecule has 0 radical (unpaired) electrons. The minimum atomic E-state index is -0.979. The molecule has 2 atom stereocenters. The normalized spacial score (nSPS) is 22.4. The molecule has 6 aliphatic rings. The van der Waals surface area contributed by atoms with E-state index < -0.39 is 59.0 Å². The van der Waals surface area contributed by atoms with Crippen molar-refractivity contribution in [2.75, 3.05) is 26.2 Å². The molecule has 2 fully saturated rings. The monoisotopic (exact) mass is 754 g/mol. The van der Waals surface area contributed by atoms with Crippen molar-refractivity contribution in [3.63, 3.8) is 0 Å². The molecule has 16 heteroatoms. The highest BCUT2D eigenvalue weighted by molar-refractivity contribution is 6.24. The molecule has 2 aromatic carbocycles. The van der Waals surface area contributed by atoms with E-state index in [2.05, 4.69) is 16.0 Å². The van der Waals surface area contributed by atoms with Gasteiger partial charge in [0, 0.05) is 25.9 Å². The highest BCUT2D eigenvalue weighted by Gasteiger charge is 2.46. The average molecular weight is 755 g/mol. The summed E-state index contributed by atoms with van der Waals surface area (Å²) in [6, 6.07) is 5.11. The molecule has 2 aromatic rings. The molecule has 0 spiro atoms. The number of hydrogen-bond donors (Lipinski definition) is 3. The molecule has 55 heavy (non-hydrogen) atoms. The Bertz CT molecular complexity index is 1990. The first-order valence-electron chi connectivity index (χ1n) is 18.5. The first-order chi connectivity index (χ1) is 26.1. The molecule has 3 N–H and O–H groups in total. The van der Waals surface area contributed by atoms with Gasteiger partial charge in [0.25, 0.3) is 23.6 Å². The smallest absolute Gasteiger partial charge is 0.410 e. The van der Waals surface area contributed by atoms with Crippen LogP contribution in [0.4, 0.5) is 4.79 Å². The Morgan fingerprint density at radius 1 is 0.582 bits per heavy atom. The summed E-state index contributed by atoms with van der Waals surface area (Å²) in [4.78, 5) is 114. The van der Waals surface area contributed by atoms with Gasteiger partial charge < -0.3 is 15.0 Å². The van der Waals surface area contributed by atoms with Crippen molar-refractivity contribution in [2.45, 2.75) is 89.8 Å². The number of nitrogens with one attached hydrogen (secondary N) is 3. The van der Waals surface area contributed by atoms with Crippen LogP contribution in [-0.2, 0) is 49.6 Å². The average Bonchev–Trinajstić information content (AvgIpc) is 3.32. The lowest BCUT2D eigenvalue weighted by atomic mass is 9.96. The van der Waals surface area contributed by atoms with Crippen LogP contribution in [0.25, 0.3) is 0 Å². The Morgan fingerprint density at radius 2 is 0.945 bits per heavy atom. The molecule has 0 aliphatic carbocycles. The van der Waals surface area contributed by atoms with Crippen LogP contribution >= 0.6 is 0 Å². The minimum Gasteiger partial charge on any atom is -0.444 e. The van der Waals surface area contributed by atoms with Crippen LogP contribution in [0.3, 0.4) is 0 Å². The van der Waals surface area contributed by atoms with E-state index in [1.54, 1.807) is 29.2 Å². The van der Waals surface area contributed by atoms with Gasteiger partial charge in [-0.25, -0.2) is 4.79 Å². The Morgan fingerprint density at radius 3 is 1.29 bits per heavy atom. The van der Waals surface area contributed by atoms with Gasteiger partial charge in [0.1, 0.15) is 17.7 Å². The lowest BCUT2D eigenvalue weighted by molar-refractivity contribution is -0.137. The zero-order valence-corrected chi connectivity index (χ0v) is 30.9.